The van der Waals surface area contributed by atoms with Gasteiger partial charge in [-0.2, -0.15) is 0 Å². The Bertz CT molecular complexity index is 481. The second kappa shape index (κ2) is 6.68. The molecule has 1 heterocycles. The lowest BCUT2D eigenvalue weighted by atomic mass is 10.1. The SMILES string of the molecule is C=N/C(=C(/CC)N(N)C1CCN(C)C1)c1ccccc1. The molecule has 0 aromatic heterocycles. The highest BCUT2D eigenvalue weighted by Gasteiger charge is 2.26. The predicted octanol–water partition coefficient (Wildman–Crippen LogP) is 2.35. The van der Waals surface area contributed by atoms with Crippen molar-refractivity contribution in [1.82, 2.24) is 9.91 Å². The van der Waals surface area contributed by atoms with Crippen molar-refractivity contribution < 1.29 is 0 Å². The summed E-state index contributed by atoms with van der Waals surface area (Å²) in [5.74, 6) is 6.37. The number of rotatable bonds is 5. The van der Waals surface area contributed by atoms with Gasteiger partial charge in [-0.25, -0.2) is 5.84 Å². The number of hydrogen-bond acceptors (Lipinski definition) is 4. The van der Waals surface area contributed by atoms with Gasteiger partial charge in [0.2, 0.25) is 0 Å². The van der Waals surface area contributed by atoms with Gasteiger partial charge in [-0.1, -0.05) is 37.3 Å². The van der Waals surface area contributed by atoms with Crippen molar-refractivity contribution in [3.05, 3.63) is 41.6 Å². The lowest BCUT2D eigenvalue weighted by Gasteiger charge is -2.29. The maximum atomic E-state index is 6.37. The Morgan fingerprint density at radius 1 is 1.45 bits per heavy atom. The van der Waals surface area contributed by atoms with Gasteiger partial charge in [-0.15, -0.1) is 0 Å². The van der Waals surface area contributed by atoms with Gasteiger partial charge in [-0.3, -0.25) is 4.99 Å². The Hall–Kier alpha value is -1.65. The van der Waals surface area contributed by atoms with E-state index in [1.54, 1.807) is 0 Å². The predicted molar refractivity (Wildman–Crippen MR) is 85.1 cm³/mol. The van der Waals surface area contributed by atoms with Crippen LogP contribution in [0.15, 0.2) is 41.0 Å². The van der Waals surface area contributed by atoms with Crippen LogP contribution in [-0.2, 0) is 0 Å². The van der Waals surface area contributed by atoms with Crippen molar-refractivity contribution in [1.29, 1.82) is 0 Å². The van der Waals surface area contributed by atoms with E-state index in [1.807, 2.05) is 35.3 Å². The number of aliphatic imine (C=N–C) groups is 1. The van der Waals surface area contributed by atoms with E-state index in [4.69, 9.17) is 5.84 Å². The van der Waals surface area contributed by atoms with E-state index in [2.05, 4.69) is 30.6 Å². The van der Waals surface area contributed by atoms with E-state index in [9.17, 15) is 0 Å². The number of hydrogen-bond donors (Lipinski definition) is 1. The molecule has 4 heteroatoms. The minimum Gasteiger partial charge on any atom is -0.309 e. The molecule has 1 saturated heterocycles. The zero-order valence-corrected chi connectivity index (χ0v) is 12.4. The first-order valence-electron chi connectivity index (χ1n) is 7.15. The van der Waals surface area contributed by atoms with E-state index in [0.29, 0.717) is 6.04 Å². The van der Waals surface area contributed by atoms with Gasteiger partial charge in [0, 0.05) is 12.1 Å². The summed E-state index contributed by atoms with van der Waals surface area (Å²) in [4.78, 5) is 6.54. The summed E-state index contributed by atoms with van der Waals surface area (Å²) in [7, 11) is 2.13. The van der Waals surface area contributed by atoms with Crippen molar-refractivity contribution in [2.45, 2.75) is 25.8 Å². The van der Waals surface area contributed by atoms with Gasteiger partial charge in [-0.05, 0) is 33.2 Å². The molecule has 1 unspecified atom stereocenters. The Labute approximate surface area is 121 Å². The van der Waals surface area contributed by atoms with Gasteiger partial charge in [0.05, 0.1) is 17.4 Å². The summed E-state index contributed by atoms with van der Waals surface area (Å²) in [6, 6.07) is 10.5. The summed E-state index contributed by atoms with van der Waals surface area (Å²) in [5, 5.41) is 1.90. The van der Waals surface area contributed by atoms with Gasteiger partial charge < -0.3 is 9.91 Å². The smallest absolute Gasteiger partial charge is 0.0900 e. The van der Waals surface area contributed by atoms with E-state index in [-0.39, 0.29) is 0 Å². The highest BCUT2D eigenvalue weighted by Crippen LogP contribution is 2.26. The third-order valence-electron chi connectivity index (χ3n) is 3.89. The van der Waals surface area contributed by atoms with Crippen molar-refractivity contribution >= 4 is 12.4 Å². The van der Waals surface area contributed by atoms with Crippen LogP contribution in [0.3, 0.4) is 0 Å². The van der Waals surface area contributed by atoms with E-state index >= 15 is 0 Å². The number of likely N-dealkylation sites (tertiary alicyclic amines) is 1. The number of nitrogens with two attached hydrogens (primary N) is 1. The molecule has 0 aliphatic carbocycles. The fraction of sp³-hybridized carbons (Fsp3) is 0.438. The molecule has 0 radical (unpaired) electrons. The molecule has 2 rings (SSSR count). The van der Waals surface area contributed by atoms with Crippen LogP contribution >= 0.6 is 0 Å². The van der Waals surface area contributed by atoms with Crippen LogP contribution in [0.4, 0.5) is 0 Å². The zero-order chi connectivity index (χ0) is 14.5. The Morgan fingerprint density at radius 2 is 2.15 bits per heavy atom. The summed E-state index contributed by atoms with van der Waals surface area (Å²) >= 11 is 0. The van der Waals surface area contributed by atoms with Crippen LogP contribution < -0.4 is 5.84 Å². The molecule has 1 fully saturated rings. The molecule has 0 saturated carbocycles. The van der Waals surface area contributed by atoms with Crippen molar-refractivity contribution in [2.75, 3.05) is 20.1 Å². The molecular weight excluding hydrogens is 248 g/mol. The van der Waals surface area contributed by atoms with Crippen LogP contribution in [0.1, 0.15) is 25.3 Å². The fourth-order valence-electron chi connectivity index (χ4n) is 2.78. The van der Waals surface area contributed by atoms with Crippen molar-refractivity contribution in [2.24, 2.45) is 10.8 Å². The van der Waals surface area contributed by atoms with Crippen LogP contribution in [0.2, 0.25) is 0 Å². The Balaban J connectivity index is 2.32. The number of allylic oxidation sites excluding steroid dienone is 1. The van der Waals surface area contributed by atoms with Crippen LogP contribution in [0.25, 0.3) is 5.70 Å². The second-order valence-electron chi connectivity index (χ2n) is 5.29. The van der Waals surface area contributed by atoms with E-state index in [1.165, 1.54) is 0 Å². The lowest BCUT2D eigenvalue weighted by molar-refractivity contribution is 0.252. The van der Waals surface area contributed by atoms with Gasteiger partial charge in [0.15, 0.2) is 0 Å². The van der Waals surface area contributed by atoms with Crippen LogP contribution in [0.5, 0.6) is 0 Å². The molecule has 108 valence electrons. The molecule has 1 aliphatic heterocycles. The van der Waals surface area contributed by atoms with Crippen molar-refractivity contribution in [3.8, 4) is 0 Å². The van der Waals surface area contributed by atoms with E-state index in [0.717, 1.165) is 42.9 Å². The summed E-state index contributed by atoms with van der Waals surface area (Å²) in [6.07, 6.45) is 1.94. The maximum absolute atomic E-state index is 6.37. The maximum Gasteiger partial charge on any atom is 0.0900 e. The number of nitrogens with zero attached hydrogens (tertiary/aromatic N) is 3. The van der Waals surface area contributed by atoms with Crippen molar-refractivity contribution in [3.63, 3.8) is 0 Å². The molecule has 1 aromatic rings. The lowest BCUT2D eigenvalue weighted by Crippen LogP contribution is -2.42. The van der Waals surface area contributed by atoms with Gasteiger partial charge >= 0.3 is 0 Å². The average molecular weight is 272 g/mol. The summed E-state index contributed by atoms with van der Waals surface area (Å²) < 4.78 is 0. The van der Waals surface area contributed by atoms with Gasteiger partial charge in [0.25, 0.3) is 0 Å². The monoisotopic (exact) mass is 272 g/mol. The molecule has 20 heavy (non-hydrogen) atoms. The summed E-state index contributed by atoms with van der Waals surface area (Å²) in [6.45, 7) is 7.94. The highest BCUT2D eigenvalue weighted by molar-refractivity contribution is 5.70. The molecule has 1 atom stereocenters. The Kier molecular flexibility index (Phi) is 4.93. The Morgan fingerprint density at radius 3 is 2.65 bits per heavy atom. The molecule has 0 bridgehead atoms. The second-order valence-corrected chi connectivity index (χ2v) is 5.29. The fourth-order valence-corrected chi connectivity index (χ4v) is 2.78. The molecule has 2 N–H and O–H groups in total. The zero-order valence-electron chi connectivity index (χ0n) is 12.4. The van der Waals surface area contributed by atoms with Crippen LogP contribution in [-0.4, -0.2) is 42.8 Å². The number of likely N-dealkylation sites (N-methyl/N-ethyl adjacent to an activating group) is 1. The van der Waals surface area contributed by atoms with Crippen LogP contribution in [0, 0.1) is 0 Å². The number of hydrazine groups is 1. The minimum atomic E-state index is 0.357. The molecule has 4 nitrogen and oxygen atoms in total. The molecule has 0 amide bonds. The first-order valence-corrected chi connectivity index (χ1v) is 7.15. The van der Waals surface area contributed by atoms with Gasteiger partial charge in [0.1, 0.15) is 0 Å². The largest absolute Gasteiger partial charge is 0.309 e. The quantitative estimate of drug-likeness (QED) is 0.508. The third kappa shape index (κ3) is 3.08. The highest BCUT2D eigenvalue weighted by atomic mass is 15.4. The third-order valence-corrected chi connectivity index (χ3v) is 3.89. The molecule has 0 spiro atoms. The minimum absolute atomic E-state index is 0.357. The number of benzene rings is 1. The molecule has 1 aliphatic rings. The van der Waals surface area contributed by atoms with E-state index < -0.39 is 0 Å². The molecular formula is C16H24N4. The first kappa shape index (κ1) is 14.8. The normalized spacial score (nSPS) is 20.6. The summed E-state index contributed by atoms with van der Waals surface area (Å²) in [5.41, 5.74) is 3.03. The molecule has 1 aromatic carbocycles. The standard InChI is InChI=1S/C16H24N4/c1-4-15(20(17)14-10-11-19(3)12-14)16(18-2)13-8-6-5-7-9-13/h5-9,14H,2,4,10-12,17H2,1,3H3/b16-15-. The topological polar surface area (TPSA) is 44.9 Å². The average Bonchev–Trinajstić information content (AvgIpc) is 2.91. The first-order chi connectivity index (χ1) is 9.67.